The van der Waals surface area contributed by atoms with Gasteiger partial charge in [-0.15, -0.1) is 0 Å². The van der Waals surface area contributed by atoms with E-state index in [0.717, 1.165) is 0 Å². The molecule has 1 aromatic heterocycles. The van der Waals surface area contributed by atoms with Crippen molar-refractivity contribution in [1.82, 2.24) is 5.32 Å². The molecule has 18 heavy (non-hydrogen) atoms. The SMILES string of the molecule is O=C(O)C1CCC(c2cc3cccc(F)c3o2)N1. The van der Waals surface area contributed by atoms with Crippen molar-refractivity contribution >= 4 is 16.9 Å². The Morgan fingerprint density at radius 2 is 2.28 bits per heavy atom. The summed E-state index contributed by atoms with van der Waals surface area (Å²) in [7, 11) is 0. The largest absolute Gasteiger partial charge is 0.480 e. The normalized spacial score (nSPS) is 23.6. The van der Waals surface area contributed by atoms with Crippen molar-refractivity contribution in [2.24, 2.45) is 0 Å². The van der Waals surface area contributed by atoms with Crippen LogP contribution in [0.1, 0.15) is 24.6 Å². The van der Waals surface area contributed by atoms with Crippen molar-refractivity contribution in [2.75, 3.05) is 0 Å². The number of carbonyl (C=O) groups is 1. The molecule has 3 rings (SSSR count). The molecule has 2 atom stereocenters. The lowest BCUT2D eigenvalue weighted by atomic mass is 10.1. The van der Waals surface area contributed by atoms with Gasteiger partial charge >= 0.3 is 5.97 Å². The van der Waals surface area contributed by atoms with Gasteiger partial charge in [0.25, 0.3) is 0 Å². The average Bonchev–Trinajstić information content (AvgIpc) is 2.95. The second-order valence-electron chi connectivity index (χ2n) is 4.49. The van der Waals surface area contributed by atoms with E-state index in [9.17, 15) is 9.18 Å². The van der Waals surface area contributed by atoms with Crippen LogP contribution in [-0.2, 0) is 4.79 Å². The summed E-state index contributed by atoms with van der Waals surface area (Å²) in [5.74, 6) is -0.662. The Kier molecular flexibility index (Phi) is 2.56. The molecule has 2 heterocycles. The minimum atomic E-state index is -0.861. The maximum Gasteiger partial charge on any atom is 0.320 e. The molecule has 0 bridgehead atoms. The number of hydrogen-bond acceptors (Lipinski definition) is 3. The van der Waals surface area contributed by atoms with E-state index >= 15 is 0 Å². The van der Waals surface area contributed by atoms with E-state index < -0.39 is 17.8 Å². The van der Waals surface area contributed by atoms with Gasteiger partial charge < -0.3 is 9.52 Å². The molecule has 0 spiro atoms. The number of rotatable bonds is 2. The van der Waals surface area contributed by atoms with E-state index in [4.69, 9.17) is 9.52 Å². The van der Waals surface area contributed by atoms with E-state index in [1.807, 2.05) is 0 Å². The Labute approximate surface area is 102 Å². The third kappa shape index (κ3) is 1.76. The number of para-hydroxylation sites is 1. The number of fused-ring (bicyclic) bond motifs is 1. The number of halogens is 1. The zero-order chi connectivity index (χ0) is 12.7. The highest BCUT2D eigenvalue weighted by molar-refractivity contribution is 5.78. The van der Waals surface area contributed by atoms with Crippen molar-refractivity contribution < 1.29 is 18.7 Å². The number of nitrogens with one attached hydrogen (secondary N) is 1. The summed E-state index contributed by atoms with van der Waals surface area (Å²) in [5, 5.41) is 12.6. The zero-order valence-electron chi connectivity index (χ0n) is 9.52. The number of benzene rings is 1. The van der Waals surface area contributed by atoms with Crippen molar-refractivity contribution in [3.63, 3.8) is 0 Å². The zero-order valence-corrected chi connectivity index (χ0v) is 9.52. The predicted molar refractivity (Wildman–Crippen MR) is 62.7 cm³/mol. The van der Waals surface area contributed by atoms with Gasteiger partial charge in [0.15, 0.2) is 11.4 Å². The number of furan rings is 1. The molecule has 1 fully saturated rings. The Balaban J connectivity index is 1.92. The van der Waals surface area contributed by atoms with Crippen molar-refractivity contribution in [1.29, 1.82) is 0 Å². The van der Waals surface area contributed by atoms with Crippen molar-refractivity contribution in [3.8, 4) is 0 Å². The van der Waals surface area contributed by atoms with E-state index in [1.54, 1.807) is 18.2 Å². The fraction of sp³-hybridized carbons (Fsp3) is 0.308. The highest BCUT2D eigenvalue weighted by Gasteiger charge is 2.31. The molecule has 0 radical (unpaired) electrons. The highest BCUT2D eigenvalue weighted by Crippen LogP contribution is 2.31. The first-order chi connectivity index (χ1) is 8.65. The first-order valence-corrected chi connectivity index (χ1v) is 5.82. The smallest absolute Gasteiger partial charge is 0.320 e. The van der Waals surface area contributed by atoms with Gasteiger partial charge in [-0.25, -0.2) is 4.39 Å². The van der Waals surface area contributed by atoms with Crippen LogP contribution in [0.4, 0.5) is 4.39 Å². The Hall–Kier alpha value is -1.88. The van der Waals surface area contributed by atoms with Crippen LogP contribution < -0.4 is 5.32 Å². The maximum atomic E-state index is 13.5. The van der Waals surface area contributed by atoms with E-state index in [-0.39, 0.29) is 11.6 Å². The lowest BCUT2D eigenvalue weighted by molar-refractivity contribution is -0.139. The number of carboxylic acids is 1. The van der Waals surface area contributed by atoms with E-state index in [1.165, 1.54) is 6.07 Å². The Bertz CT molecular complexity index is 607. The molecular formula is C13H12FNO3. The fourth-order valence-corrected chi connectivity index (χ4v) is 2.38. The van der Waals surface area contributed by atoms with Crippen molar-refractivity contribution in [2.45, 2.75) is 24.9 Å². The Morgan fingerprint density at radius 3 is 2.94 bits per heavy atom. The molecule has 1 aliphatic rings. The maximum absolute atomic E-state index is 13.5. The van der Waals surface area contributed by atoms with Gasteiger partial charge in [-0.05, 0) is 25.0 Å². The standard InChI is InChI=1S/C13H12FNO3/c14-8-3-1-2-7-6-11(18-12(7)8)9-4-5-10(15-9)13(16)17/h1-3,6,9-10,15H,4-5H2,(H,16,17). The van der Waals surface area contributed by atoms with E-state index in [2.05, 4.69) is 5.32 Å². The lowest BCUT2D eigenvalue weighted by Gasteiger charge is -2.08. The van der Waals surface area contributed by atoms with Gasteiger partial charge in [-0.3, -0.25) is 10.1 Å². The second kappa shape index (κ2) is 4.10. The molecule has 2 N–H and O–H groups in total. The van der Waals surface area contributed by atoms with Crippen LogP contribution >= 0.6 is 0 Å². The van der Waals surface area contributed by atoms with Crippen molar-refractivity contribution in [3.05, 3.63) is 35.8 Å². The van der Waals surface area contributed by atoms with Crippen LogP contribution in [0.15, 0.2) is 28.7 Å². The molecular weight excluding hydrogens is 237 g/mol. The third-order valence-electron chi connectivity index (χ3n) is 3.30. The van der Waals surface area contributed by atoms with Gasteiger partial charge in [0.2, 0.25) is 0 Å². The van der Waals surface area contributed by atoms with E-state index in [0.29, 0.717) is 24.0 Å². The molecule has 0 aliphatic carbocycles. The molecule has 5 heteroatoms. The van der Waals surface area contributed by atoms with Crippen LogP contribution in [0, 0.1) is 5.82 Å². The van der Waals surface area contributed by atoms with Gasteiger partial charge in [0.05, 0.1) is 6.04 Å². The Morgan fingerprint density at radius 1 is 1.44 bits per heavy atom. The minimum Gasteiger partial charge on any atom is -0.480 e. The molecule has 0 amide bonds. The minimum absolute atomic E-state index is 0.155. The van der Waals surface area contributed by atoms with Crippen LogP contribution in [0.25, 0.3) is 11.0 Å². The number of aliphatic carboxylic acids is 1. The van der Waals surface area contributed by atoms with Crippen LogP contribution in [0.2, 0.25) is 0 Å². The molecule has 2 unspecified atom stereocenters. The molecule has 1 aromatic carbocycles. The molecule has 2 aromatic rings. The van der Waals surface area contributed by atoms with Crippen LogP contribution in [-0.4, -0.2) is 17.1 Å². The lowest BCUT2D eigenvalue weighted by Crippen LogP contribution is -2.31. The molecule has 4 nitrogen and oxygen atoms in total. The average molecular weight is 249 g/mol. The summed E-state index contributed by atoms with van der Waals surface area (Å²) in [6.07, 6.45) is 1.23. The first kappa shape index (κ1) is 11.2. The summed E-state index contributed by atoms with van der Waals surface area (Å²) < 4.78 is 19.0. The summed E-state index contributed by atoms with van der Waals surface area (Å²) in [4.78, 5) is 10.9. The second-order valence-corrected chi connectivity index (χ2v) is 4.49. The quantitative estimate of drug-likeness (QED) is 0.858. The molecule has 1 aliphatic heterocycles. The van der Waals surface area contributed by atoms with Gasteiger partial charge in [0, 0.05) is 5.39 Å². The summed E-state index contributed by atoms with van der Waals surface area (Å²) in [5.41, 5.74) is 0.230. The van der Waals surface area contributed by atoms with Crippen LogP contribution in [0.5, 0.6) is 0 Å². The fourth-order valence-electron chi connectivity index (χ4n) is 2.38. The molecule has 1 saturated heterocycles. The number of hydrogen-bond donors (Lipinski definition) is 2. The number of carboxylic acid groups (broad SMARTS) is 1. The first-order valence-electron chi connectivity index (χ1n) is 5.82. The van der Waals surface area contributed by atoms with Crippen LogP contribution in [0.3, 0.4) is 0 Å². The summed E-state index contributed by atoms with van der Waals surface area (Å²) in [6, 6.07) is 5.80. The third-order valence-corrected chi connectivity index (χ3v) is 3.30. The van der Waals surface area contributed by atoms with Gasteiger partial charge in [-0.2, -0.15) is 0 Å². The highest BCUT2D eigenvalue weighted by atomic mass is 19.1. The predicted octanol–water partition coefficient (Wildman–Crippen LogP) is 2.45. The monoisotopic (exact) mass is 249 g/mol. The molecule has 94 valence electrons. The summed E-state index contributed by atoms with van der Waals surface area (Å²) >= 11 is 0. The molecule has 0 saturated carbocycles. The van der Waals surface area contributed by atoms with Gasteiger partial charge in [0.1, 0.15) is 11.8 Å². The van der Waals surface area contributed by atoms with Gasteiger partial charge in [-0.1, -0.05) is 12.1 Å². The topological polar surface area (TPSA) is 62.5 Å². The summed E-state index contributed by atoms with van der Waals surface area (Å²) in [6.45, 7) is 0.